The number of fused-ring (bicyclic) bond motifs is 3. The predicted molar refractivity (Wildman–Crippen MR) is 73.8 cm³/mol. The molecule has 2 heteroatoms. The van der Waals surface area contributed by atoms with Gasteiger partial charge >= 0.3 is 0 Å². The van der Waals surface area contributed by atoms with Crippen LogP contribution in [-0.4, -0.2) is 5.54 Å². The summed E-state index contributed by atoms with van der Waals surface area (Å²) in [6.07, 6.45) is 7.34. The van der Waals surface area contributed by atoms with Gasteiger partial charge in [0.1, 0.15) is 11.2 Å². The van der Waals surface area contributed by atoms with E-state index in [-0.39, 0.29) is 11.1 Å². The highest BCUT2D eigenvalue weighted by Crippen LogP contribution is 2.52. The summed E-state index contributed by atoms with van der Waals surface area (Å²) in [7, 11) is 0. The van der Waals surface area contributed by atoms with Crippen LogP contribution in [0.25, 0.3) is 5.70 Å². The number of allylic oxidation sites excluding steroid dienone is 2. The second kappa shape index (κ2) is 3.47. The minimum Gasteiger partial charge on any atom is -0.368 e. The number of nitrogens with zero attached hydrogens (tertiary/aromatic N) is 1. The van der Waals surface area contributed by atoms with E-state index in [9.17, 15) is 0 Å². The van der Waals surface area contributed by atoms with E-state index in [1.165, 1.54) is 17.8 Å². The van der Waals surface area contributed by atoms with Crippen molar-refractivity contribution in [1.29, 1.82) is 0 Å². The van der Waals surface area contributed by atoms with Crippen molar-refractivity contribution in [2.45, 2.75) is 38.3 Å². The van der Waals surface area contributed by atoms with Gasteiger partial charge in [-0.25, -0.2) is 0 Å². The fourth-order valence-electron chi connectivity index (χ4n) is 3.79. The third kappa shape index (κ3) is 1.16. The van der Waals surface area contributed by atoms with Gasteiger partial charge in [0, 0.05) is 25.0 Å². The highest BCUT2D eigenvalue weighted by Gasteiger charge is 2.68. The minimum absolute atomic E-state index is 0.139. The van der Waals surface area contributed by atoms with Crippen LogP contribution in [0.3, 0.4) is 0 Å². The molecule has 94 valence electrons. The molecule has 0 radical (unpaired) electrons. The van der Waals surface area contributed by atoms with Crippen molar-refractivity contribution in [3.63, 3.8) is 0 Å². The zero-order valence-electron chi connectivity index (χ0n) is 11.4. The Morgan fingerprint density at radius 3 is 2.89 bits per heavy atom. The van der Waals surface area contributed by atoms with Gasteiger partial charge in [-0.15, -0.1) is 0 Å². The zero-order chi connectivity index (χ0) is 13.0. The average Bonchev–Trinajstić information content (AvgIpc) is 2.36. The van der Waals surface area contributed by atoms with E-state index >= 15 is 0 Å². The Morgan fingerprint density at radius 2 is 2.22 bits per heavy atom. The first kappa shape index (κ1) is 11.5. The normalized spacial score (nSPS) is 39.3. The number of hydrogen-bond acceptors (Lipinski definition) is 1. The monoisotopic (exact) mass is 241 g/mol. The largest absolute Gasteiger partial charge is 0.368 e. The number of pyridine rings is 1. The Hall–Kier alpha value is -1.57. The fourth-order valence-corrected chi connectivity index (χ4v) is 3.79. The van der Waals surface area contributed by atoms with Gasteiger partial charge in [-0.3, -0.25) is 0 Å². The number of nitrogens with one attached hydrogen (secondary N) is 1. The maximum atomic E-state index is 3.82. The summed E-state index contributed by atoms with van der Waals surface area (Å²) in [6.45, 7) is 10.9. The van der Waals surface area contributed by atoms with Crippen LogP contribution in [-0.2, 0) is 5.54 Å². The Bertz CT molecular complexity index is 546. The molecule has 1 saturated carbocycles. The molecule has 18 heavy (non-hydrogen) atoms. The van der Waals surface area contributed by atoms with Crippen LogP contribution in [0.5, 0.6) is 0 Å². The zero-order valence-corrected chi connectivity index (χ0v) is 11.4. The van der Waals surface area contributed by atoms with E-state index in [1.807, 2.05) is 6.08 Å². The SMILES string of the molecule is C=CC=C1NC2(C)CC(C)C2(C)[n+]2ccccc21. The summed E-state index contributed by atoms with van der Waals surface area (Å²) in [5, 5.41) is 3.73. The second-order valence-corrected chi connectivity index (χ2v) is 5.98. The molecule has 1 N–H and O–H groups in total. The Morgan fingerprint density at radius 1 is 1.44 bits per heavy atom. The first-order valence-corrected chi connectivity index (χ1v) is 6.65. The van der Waals surface area contributed by atoms with Crippen molar-refractivity contribution in [3.8, 4) is 0 Å². The second-order valence-electron chi connectivity index (χ2n) is 5.98. The van der Waals surface area contributed by atoms with Crippen molar-refractivity contribution in [1.82, 2.24) is 5.32 Å². The van der Waals surface area contributed by atoms with Crippen molar-refractivity contribution in [3.05, 3.63) is 48.8 Å². The van der Waals surface area contributed by atoms with Crippen LogP contribution < -0.4 is 9.88 Å². The molecule has 0 amide bonds. The van der Waals surface area contributed by atoms with Crippen LogP contribution in [0, 0.1) is 5.92 Å². The summed E-state index contributed by atoms with van der Waals surface area (Å²) in [4.78, 5) is 0. The van der Waals surface area contributed by atoms with E-state index < -0.39 is 0 Å². The standard InChI is InChI=1S/C16H21N2/c1-5-8-13-14-9-6-7-10-18(14)16(4)12(2)11-15(16,3)17-13/h5-10,12,17H,1,11H2,2-4H3/q+1. The molecular weight excluding hydrogens is 220 g/mol. The summed E-state index contributed by atoms with van der Waals surface area (Å²) in [6, 6.07) is 6.40. The van der Waals surface area contributed by atoms with Crippen molar-refractivity contribution in [2.75, 3.05) is 0 Å². The maximum Gasteiger partial charge on any atom is 0.229 e. The van der Waals surface area contributed by atoms with Gasteiger partial charge in [0.2, 0.25) is 5.69 Å². The number of rotatable bonds is 1. The first-order chi connectivity index (χ1) is 8.53. The van der Waals surface area contributed by atoms with E-state index in [4.69, 9.17) is 0 Å². The molecule has 2 heterocycles. The van der Waals surface area contributed by atoms with Crippen LogP contribution in [0.1, 0.15) is 32.9 Å². The lowest BCUT2D eigenvalue weighted by Crippen LogP contribution is -2.84. The van der Waals surface area contributed by atoms with Crippen molar-refractivity contribution < 1.29 is 4.57 Å². The Labute approximate surface area is 109 Å². The van der Waals surface area contributed by atoms with E-state index in [1.54, 1.807) is 0 Å². The minimum atomic E-state index is 0.139. The third-order valence-electron chi connectivity index (χ3n) is 5.12. The predicted octanol–water partition coefficient (Wildman–Crippen LogP) is 2.62. The molecule has 1 aliphatic heterocycles. The first-order valence-electron chi connectivity index (χ1n) is 6.65. The molecule has 1 fully saturated rings. The molecular formula is C16H21N2+. The van der Waals surface area contributed by atoms with Gasteiger partial charge in [-0.2, -0.15) is 4.57 Å². The smallest absolute Gasteiger partial charge is 0.229 e. The fraction of sp³-hybridized carbons (Fsp3) is 0.438. The van der Waals surface area contributed by atoms with Gasteiger partial charge < -0.3 is 5.32 Å². The topological polar surface area (TPSA) is 15.9 Å². The molecule has 3 rings (SSSR count). The van der Waals surface area contributed by atoms with Crippen molar-refractivity contribution in [2.24, 2.45) is 5.92 Å². The highest BCUT2D eigenvalue weighted by atomic mass is 15.2. The molecule has 1 aliphatic carbocycles. The van der Waals surface area contributed by atoms with Gasteiger partial charge in [-0.1, -0.05) is 19.6 Å². The maximum absolute atomic E-state index is 3.82. The molecule has 2 nitrogen and oxygen atoms in total. The average molecular weight is 241 g/mol. The van der Waals surface area contributed by atoms with E-state index in [0.29, 0.717) is 5.92 Å². The molecule has 3 atom stereocenters. The van der Waals surface area contributed by atoms with Crippen LogP contribution >= 0.6 is 0 Å². The van der Waals surface area contributed by atoms with E-state index in [2.05, 4.69) is 67.7 Å². The highest BCUT2D eigenvalue weighted by molar-refractivity contribution is 5.63. The van der Waals surface area contributed by atoms with Crippen LogP contribution in [0.2, 0.25) is 0 Å². The van der Waals surface area contributed by atoms with E-state index in [0.717, 1.165) is 0 Å². The van der Waals surface area contributed by atoms with Gasteiger partial charge in [0.15, 0.2) is 11.7 Å². The molecule has 2 aliphatic rings. The lowest BCUT2D eigenvalue weighted by Gasteiger charge is -2.59. The van der Waals surface area contributed by atoms with Crippen molar-refractivity contribution >= 4 is 5.70 Å². The lowest BCUT2D eigenvalue weighted by atomic mass is 9.54. The van der Waals surface area contributed by atoms with Gasteiger partial charge in [0.05, 0.1) is 0 Å². The molecule has 0 bridgehead atoms. The number of aromatic nitrogens is 1. The summed E-state index contributed by atoms with van der Waals surface area (Å²) >= 11 is 0. The molecule has 1 aromatic rings. The summed E-state index contributed by atoms with van der Waals surface area (Å²) < 4.78 is 2.44. The van der Waals surface area contributed by atoms with Crippen LogP contribution in [0.4, 0.5) is 0 Å². The number of hydrogen-bond donors (Lipinski definition) is 1. The molecule has 0 aromatic carbocycles. The molecule has 3 unspecified atom stereocenters. The van der Waals surface area contributed by atoms with Gasteiger partial charge in [0.25, 0.3) is 0 Å². The Kier molecular flexibility index (Phi) is 2.22. The Balaban J connectivity index is 2.25. The molecule has 0 spiro atoms. The summed E-state index contributed by atoms with van der Waals surface area (Å²) in [5.74, 6) is 0.687. The molecule has 0 saturated heterocycles. The third-order valence-corrected chi connectivity index (χ3v) is 5.12. The van der Waals surface area contributed by atoms with Crippen LogP contribution in [0.15, 0.2) is 43.1 Å². The summed E-state index contributed by atoms with van der Waals surface area (Å²) in [5.41, 5.74) is 2.73. The quantitative estimate of drug-likeness (QED) is 0.747. The lowest BCUT2D eigenvalue weighted by molar-refractivity contribution is -0.798. The molecule has 1 aromatic heterocycles. The van der Waals surface area contributed by atoms with Gasteiger partial charge in [-0.05, 0) is 25.5 Å².